The van der Waals surface area contributed by atoms with Crippen LogP contribution in [-0.4, -0.2) is 12.6 Å². The van der Waals surface area contributed by atoms with Crippen LogP contribution in [0.15, 0.2) is 53.0 Å². The quantitative estimate of drug-likeness (QED) is 0.781. The molecule has 0 fully saturated rings. The summed E-state index contributed by atoms with van der Waals surface area (Å²) in [6, 6.07) is 17.9. The van der Waals surface area contributed by atoms with Crippen molar-refractivity contribution in [3.05, 3.63) is 58.6 Å². The Labute approximate surface area is 130 Å². The molecule has 1 atom stereocenters. The number of hydrogen-bond acceptors (Lipinski definition) is 1. The smallest absolute Gasteiger partial charge is 0.0181 e. The molecule has 0 saturated carbocycles. The number of hydrogen-bond donors (Lipinski definition) is 1. The minimum atomic E-state index is 0.534. The maximum atomic E-state index is 3.53. The molecule has 0 radical (unpaired) electrons. The normalized spacial score (nSPS) is 12.3. The van der Waals surface area contributed by atoms with Crippen LogP contribution in [0.5, 0.6) is 0 Å². The summed E-state index contributed by atoms with van der Waals surface area (Å²) in [7, 11) is 0. The van der Waals surface area contributed by atoms with E-state index < -0.39 is 0 Å². The van der Waals surface area contributed by atoms with Gasteiger partial charge in [-0.15, -0.1) is 0 Å². The van der Waals surface area contributed by atoms with Gasteiger partial charge >= 0.3 is 0 Å². The van der Waals surface area contributed by atoms with Gasteiger partial charge in [-0.3, -0.25) is 0 Å². The first kappa shape index (κ1) is 15.3. The van der Waals surface area contributed by atoms with Gasteiger partial charge in [0.2, 0.25) is 0 Å². The van der Waals surface area contributed by atoms with E-state index in [2.05, 4.69) is 83.6 Å². The van der Waals surface area contributed by atoms with Crippen molar-refractivity contribution < 1.29 is 0 Å². The summed E-state index contributed by atoms with van der Waals surface area (Å²) >= 11 is 3.52. The zero-order chi connectivity index (χ0) is 14.4. The fourth-order valence-corrected chi connectivity index (χ4v) is 2.72. The molecule has 1 nitrogen and oxygen atoms in total. The zero-order valence-corrected chi connectivity index (χ0v) is 13.8. The Morgan fingerprint density at radius 1 is 1.05 bits per heavy atom. The Morgan fingerprint density at radius 3 is 2.45 bits per heavy atom. The first-order valence-corrected chi connectivity index (χ1v) is 8.06. The van der Waals surface area contributed by atoms with E-state index in [0.29, 0.717) is 6.04 Å². The zero-order valence-electron chi connectivity index (χ0n) is 12.2. The highest BCUT2D eigenvalue weighted by atomic mass is 79.9. The molecule has 0 aliphatic carbocycles. The Balaban J connectivity index is 2.03. The van der Waals surface area contributed by atoms with Gasteiger partial charge in [0.25, 0.3) is 0 Å². The third kappa shape index (κ3) is 4.46. The highest BCUT2D eigenvalue weighted by molar-refractivity contribution is 9.10. The first-order chi connectivity index (χ1) is 9.69. The van der Waals surface area contributed by atoms with Crippen LogP contribution in [0.3, 0.4) is 0 Å². The summed E-state index contributed by atoms with van der Waals surface area (Å²) in [5.74, 6) is 0. The van der Waals surface area contributed by atoms with Crippen LogP contribution in [0.25, 0.3) is 11.1 Å². The predicted molar refractivity (Wildman–Crippen MR) is 91.0 cm³/mol. The lowest BCUT2D eigenvalue weighted by Gasteiger charge is -2.13. The third-order valence-corrected chi connectivity index (χ3v) is 3.89. The first-order valence-electron chi connectivity index (χ1n) is 7.27. The molecule has 0 saturated heterocycles. The summed E-state index contributed by atoms with van der Waals surface area (Å²) in [4.78, 5) is 0. The SMILES string of the molecule is CCCNC(C)Cc1ccc(-c2cccc(Br)c2)cc1. The Bertz CT molecular complexity index is 533. The average molecular weight is 332 g/mol. The van der Waals surface area contributed by atoms with E-state index in [1.54, 1.807) is 0 Å². The molecule has 0 aliphatic heterocycles. The van der Waals surface area contributed by atoms with Crippen LogP contribution < -0.4 is 5.32 Å². The van der Waals surface area contributed by atoms with Gasteiger partial charge in [-0.25, -0.2) is 0 Å². The summed E-state index contributed by atoms with van der Waals surface area (Å²) in [5, 5.41) is 3.53. The van der Waals surface area contributed by atoms with E-state index in [1.807, 2.05) is 0 Å². The number of nitrogens with one attached hydrogen (secondary N) is 1. The average Bonchev–Trinajstić information content (AvgIpc) is 2.46. The van der Waals surface area contributed by atoms with Gasteiger partial charge < -0.3 is 5.32 Å². The maximum Gasteiger partial charge on any atom is 0.0181 e. The largest absolute Gasteiger partial charge is 0.314 e. The molecule has 2 aromatic carbocycles. The molecule has 2 rings (SSSR count). The Hall–Kier alpha value is -1.12. The van der Waals surface area contributed by atoms with Crippen molar-refractivity contribution in [2.24, 2.45) is 0 Å². The van der Waals surface area contributed by atoms with Crippen molar-refractivity contribution in [2.45, 2.75) is 32.7 Å². The number of benzene rings is 2. The van der Waals surface area contributed by atoms with Crippen molar-refractivity contribution in [3.8, 4) is 11.1 Å². The molecular weight excluding hydrogens is 310 g/mol. The van der Waals surface area contributed by atoms with Gasteiger partial charge in [-0.1, -0.05) is 59.3 Å². The Kier molecular flexibility index (Phi) is 5.81. The van der Waals surface area contributed by atoms with E-state index in [9.17, 15) is 0 Å². The second-order valence-corrected chi connectivity index (χ2v) is 6.18. The van der Waals surface area contributed by atoms with Crippen molar-refractivity contribution in [2.75, 3.05) is 6.54 Å². The van der Waals surface area contributed by atoms with Crippen LogP contribution in [0.4, 0.5) is 0 Å². The standard InChI is InChI=1S/C18H22BrN/c1-3-11-20-14(2)12-15-7-9-16(10-8-15)17-5-4-6-18(19)13-17/h4-10,13-14,20H,3,11-12H2,1-2H3. The summed E-state index contributed by atoms with van der Waals surface area (Å²) < 4.78 is 1.12. The lowest BCUT2D eigenvalue weighted by Crippen LogP contribution is -2.28. The van der Waals surface area contributed by atoms with Gasteiger partial charge in [0.05, 0.1) is 0 Å². The number of halogens is 1. The van der Waals surface area contributed by atoms with E-state index >= 15 is 0 Å². The third-order valence-electron chi connectivity index (χ3n) is 3.40. The van der Waals surface area contributed by atoms with Gasteiger partial charge in [-0.05, 0) is 55.1 Å². The maximum absolute atomic E-state index is 3.53. The minimum Gasteiger partial charge on any atom is -0.314 e. The molecule has 0 bridgehead atoms. The van der Waals surface area contributed by atoms with E-state index in [1.165, 1.54) is 23.1 Å². The summed E-state index contributed by atoms with van der Waals surface area (Å²) in [5.41, 5.74) is 3.91. The highest BCUT2D eigenvalue weighted by Crippen LogP contribution is 2.23. The van der Waals surface area contributed by atoms with Crippen LogP contribution in [0, 0.1) is 0 Å². The van der Waals surface area contributed by atoms with Gasteiger partial charge in [0.15, 0.2) is 0 Å². The van der Waals surface area contributed by atoms with E-state index in [4.69, 9.17) is 0 Å². The molecule has 0 aliphatic rings. The van der Waals surface area contributed by atoms with Crippen LogP contribution in [0.1, 0.15) is 25.8 Å². The van der Waals surface area contributed by atoms with Crippen LogP contribution in [-0.2, 0) is 6.42 Å². The topological polar surface area (TPSA) is 12.0 Å². The predicted octanol–water partition coefficient (Wildman–Crippen LogP) is 5.05. The van der Waals surface area contributed by atoms with Gasteiger partial charge in [0, 0.05) is 10.5 Å². The molecule has 0 spiro atoms. The van der Waals surface area contributed by atoms with Crippen molar-refractivity contribution in [1.29, 1.82) is 0 Å². The fraction of sp³-hybridized carbons (Fsp3) is 0.333. The summed E-state index contributed by atoms with van der Waals surface area (Å²) in [6.07, 6.45) is 2.27. The monoisotopic (exact) mass is 331 g/mol. The molecule has 0 heterocycles. The molecular formula is C18H22BrN. The molecule has 106 valence electrons. The van der Waals surface area contributed by atoms with Crippen LogP contribution >= 0.6 is 15.9 Å². The molecule has 1 unspecified atom stereocenters. The fourth-order valence-electron chi connectivity index (χ4n) is 2.32. The van der Waals surface area contributed by atoms with Gasteiger partial charge in [-0.2, -0.15) is 0 Å². The Morgan fingerprint density at radius 2 is 1.80 bits per heavy atom. The molecule has 2 heteroatoms. The van der Waals surface area contributed by atoms with E-state index in [-0.39, 0.29) is 0 Å². The number of rotatable bonds is 6. The van der Waals surface area contributed by atoms with Crippen molar-refractivity contribution >= 4 is 15.9 Å². The van der Waals surface area contributed by atoms with E-state index in [0.717, 1.165) is 17.4 Å². The van der Waals surface area contributed by atoms with Crippen LogP contribution in [0.2, 0.25) is 0 Å². The molecule has 1 N–H and O–H groups in total. The lowest BCUT2D eigenvalue weighted by atomic mass is 10.0. The molecule has 2 aromatic rings. The second-order valence-electron chi connectivity index (χ2n) is 5.27. The minimum absolute atomic E-state index is 0.534. The second kappa shape index (κ2) is 7.61. The van der Waals surface area contributed by atoms with Gasteiger partial charge in [0.1, 0.15) is 0 Å². The molecule has 20 heavy (non-hydrogen) atoms. The van der Waals surface area contributed by atoms with Crippen molar-refractivity contribution in [3.63, 3.8) is 0 Å². The highest BCUT2D eigenvalue weighted by Gasteiger charge is 2.03. The summed E-state index contributed by atoms with van der Waals surface area (Å²) in [6.45, 7) is 5.54. The lowest BCUT2D eigenvalue weighted by molar-refractivity contribution is 0.543. The van der Waals surface area contributed by atoms with Crippen molar-refractivity contribution in [1.82, 2.24) is 5.32 Å². The molecule has 0 aromatic heterocycles. The molecule has 0 amide bonds.